The van der Waals surface area contributed by atoms with Crippen LogP contribution in [0.15, 0.2) is 53.0 Å². The highest BCUT2D eigenvalue weighted by Gasteiger charge is 2.13. The van der Waals surface area contributed by atoms with Crippen LogP contribution in [0.2, 0.25) is 0 Å². The summed E-state index contributed by atoms with van der Waals surface area (Å²) in [6.45, 7) is 3.08. The van der Waals surface area contributed by atoms with Crippen LogP contribution in [0.25, 0.3) is 0 Å². The third-order valence-corrected chi connectivity index (χ3v) is 5.17. The molecule has 0 N–H and O–H groups in total. The van der Waals surface area contributed by atoms with E-state index in [0.29, 0.717) is 0 Å². The molecule has 2 aromatic heterocycles. The molecule has 0 spiro atoms. The molecular weight excluding hydrogens is 310 g/mol. The number of rotatable bonds is 7. The van der Waals surface area contributed by atoms with Crippen molar-refractivity contribution in [1.29, 1.82) is 0 Å². The van der Waals surface area contributed by atoms with Crippen molar-refractivity contribution in [2.45, 2.75) is 31.5 Å². The van der Waals surface area contributed by atoms with Crippen molar-refractivity contribution in [2.75, 3.05) is 5.75 Å². The molecule has 3 aromatic rings. The van der Waals surface area contributed by atoms with Gasteiger partial charge in [-0.1, -0.05) is 55.1 Å². The maximum Gasteiger partial charge on any atom is 0.191 e. The predicted molar refractivity (Wildman–Crippen MR) is 93.7 cm³/mol. The van der Waals surface area contributed by atoms with Crippen molar-refractivity contribution in [1.82, 2.24) is 14.8 Å². The monoisotopic (exact) mass is 329 g/mol. The second-order valence-corrected chi connectivity index (χ2v) is 7.24. The van der Waals surface area contributed by atoms with Gasteiger partial charge in [0.05, 0.1) is 0 Å². The molecule has 0 aliphatic rings. The Balaban J connectivity index is 1.78. The first-order valence-electron chi connectivity index (χ1n) is 7.48. The number of nitrogens with zero attached hydrogens (tertiary/aromatic N) is 3. The second kappa shape index (κ2) is 7.61. The van der Waals surface area contributed by atoms with Crippen LogP contribution in [-0.4, -0.2) is 20.5 Å². The summed E-state index contributed by atoms with van der Waals surface area (Å²) in [6, 6.07) is 14.8. The van der Waals surface area contributed by atoms with E-state index in [1.54, 1.807) is 23.1 Å². The largest absolute Gasteiger partial charge is 0.305 e. The summed E-state index contributed by atoms with van der Waals surface area (Å²) in [5.41, 5.74) is 1.35. The molecule has 0 fully saturated rings. The zero-order chi connectivity index (χ0) is 15.2. The van der Waals surface area contributed by atoms with Gasteiger partial charge in [-0.15, -0.1) is 21.5 Å². The third kappa shape index (κ3) is 3.78. The van der Waals surface area contributed by atoms with Gasteiger partial charge in [-0.2, -0.15) is 0 Å². The number of hydrogen-bond acceptors (Lipinski definition) is 4. The quantitative estimate of drug-likeness (QED) is 0.606. The molecule has 0 unspecified atom stereocenters. The summed E-state index contributed by atoms with van der Waals surface area (Å²) in [6.07, 6.45) is 1.87. The average molecular weight is 329 g/mol. The average Bonchev–Trinajstić information content (AvgIpc) is 3.18. The first-order chi connectivity index (χ1) is 10.9. The Morgan fingerprint density at radius 3 is 2.68 bits per heavy atom. The molecule has 22 heavy (non-hydrogen) atoms. The highest BCUT2D eigenvalue weighted by Crippen LogP contribution is 2.20. The van der Waals surface area contributed by atoms with Crippen molar-refractivity contribution < 1.29 is 0 Å². The molecule has 2 heterocycles. The minimum absolute atomic E-state index is 0.865. The Kier molecular flexibility index (Phi) is 5.29. The topological polar surface area (TPSA) is 30.7 Å². The SMILES string of the molecule is CCSc1nnc(Cc2cccs2)n1CCc1ccccc1. The van der Waals surface area contributed by atoms with Gasteiger partial charge in [0.2, 0.25) is 0 Å². The first kappa shape index (κ1) is 15.3. The molecule has 0 saturated heterocycles. The standard InChI is InChI=1S/C17H19N3S2/c1-2-21-17-19-18-16(13-15-9-6-12-22-15)20(17)11-10-14-7-4-3-5-8-14/h3-9,12H,2,10-11,13H2,1H3. The number of benzene rings is 1. The fraction of sp³-hybridized carbons (Fsp3) is 0.294. The van der Waals surface area contributed by atoms with Gasteiger partial charge in [0.15, 0.2) is 5.16 Å². The van der Waals surface area contributed by atoms with E-state index in [0.717, 1.165) is 36.1 Å². The molecule has 5 heteroatoms. The summed E-state index contributed by atoms with van der Waals surface area (Å²) in [5.74, 6) is 2.08. The number of hydrogen-bond donors (Lipinski definition) is 0. The number of aromatic nitrogens is 3. The maximum absolute atomic E-state index is 4.42. The van der Waals surface area contributed by atoms with Gasteiger partial charge in [0, 0.05) is 17.8 Å². The molecule has 114 valence electrons. The molecule has 0 atom stereocenters. The van der Waals surface area contributed by atoms with Crippen molar-refractivity contribution in [2.24, 2.45) is 0 Å². The lowest BCUT2D eigenvalue weighted by atomic mass is 10.1. The molecule has 0 saturated carbocycles. The van der Waals surface area contributed by atoms with Crippen LogP contribution < -0.4 is 0 Å². The van der Waals surface area contributed by atoms with Crippen LogP contribution in [0.5, 0.6) is 0 Å². The lowest BCUT2D eigenvalue weighted by Crippen LogP contribution is -2.08. The Hall–Kier alpha value is -1.59. The number of aryl methyl sites for hydroxylation is 1. The van der Waals surface area contributed by atoms with Crippen LogP contribution >= 0.6 is 23.1 Å². The van der Waals surface area contributed by atoms with Crippen molar-refractivity contribution >= 4 is 23.1 Å². The van der Waals surface area contributed by atoms with E-state index in [9.17, 15) is 0 Å². The lowest BCUT2D eigenvalue weighted by Gasteiger charge is -2.09. The fourth-order valence-electron chi connectivity index (χ4n) is 2.36. The lowest BCUT2D eigenvalue weighted by molar-refractivity contribution is 0.610. The molecular formula is C17H19N3S2. The molecule has 3 rings (SSSR count). The van der Waals surface area contributed by atoms with Crippen LogP contribution in [0, 0.1) is 0 Å². The minimum Gasteiger partial charge on any atom is -0.305 e. The van der Waals surface area contributed by atoms with Gasteiger partial charge in [-0.05, 0) is 29.2 Å². The second-order valence-electron chi connectivity index (χ2n) is 4.98. The Morgan fingerprint density at radius 1 is 1.09 bits per heavy atom. The normalized spacial score (nSPS) is 11.0. The minimum atomic E-state index is 0.865. The highest BCUT2D eigenvalue weighted by molar-refractivity contribution is 7.99. The van der Waals surface area contributed by atoms with Gasteiger partial charge in [-0.3, -0.25) is 0 Å². The van der Waals surface area contributed by atoms with E-state index in [1.807, 2.05) is 0 Å². The Labute approximate surface area is 139 Å². The highest BCUT2D eigenvalue weighted by atomic mass is 32.2. The van der Waals surface area contributed by atoms with Crippen molar-refractivity contribution in [3.05, 3.63) is 64.1 Å². The van der Waals surface area contributed by atoms with E-state index in [1.165, 1.54) is 10.4 Å². The summed E-state index contributed by atoms with van der Waals surface area (Å²) in [4.78, 5) is 1.33. The van der Waals surface area contributed by atoms with Crippen LogP contribution in [-0.2, 0) is 19.4 Å². The zero-order valence-corrected chi connectivity index (χ0v) is 14.2. The van der Waals surface area contributed by atoms with Gasteiger partial charge in [0.25, 0.3) is 0 Å². The maximum atomic E-state index is 4.42. The molecule has 1 aromatic carbocycles. The molecule has 0 aliphatic heterocycles. The fourth-order valence-corrected chi connectivity index (χ4v) is 3.78. The van der Waals surface area contributed by atoms with Crippen molar-refractivity contribution in [3.63, 3.8) is 0 Å². The summed E-state index contributed by atoms with van der Waals surface area (Å²) in [7, 11) is 0. The van der Waals surface area contributed by atoms with Crippen LogP contribution in [0.1, 0.15) is 23.2 Å². The van der Waals surface area contributed by atoms with E-state index in [-0.39, 0.29) is 0 Å². The van der Waals surface area contributed by atoms with Gasteiger partial charge >= 0.3 is 0 Å². The van der Waals surface area contributed by atoms with E-state index < -0.39 is 0 Å². The van der Waals surface area contributed by atoms with Gasteiger partial charge in [0.1, 0.15) is 5.82 Å². The Morgan fingerprint density at radius 2 is 1.95 bits per heavy atom. The van der Waals surface area contributed by atoms with E-state index in [4.69, 9.17) is 0 Å². The zero-order valence-electron chi connectivity index (χ0n) is 12.6. The molecule has 3 nitrogen and oxygen atoms in total. The van der Waals surface area contributed by atoms with Gasteiger partial charge in [-0.25, -0.2) is 0 Å². The van der Waals surface area contributed by atoms with E-state index in [2.05, 4.69) is 69.5 Å². The van der Waals surface area contributed by atoms with Crippen LogP contribution in [0.3, 0.4) is 0 Å². The summed E-state index contributed by atoms with van der Waals surface area (Å²) in [5, 5.41) is 11.9. The predicted octanol–water partition coefficient (Wildman–Crippen LogP) is 4.29. The molecule has 0 bridgehead atoms. The van der Waals surface area contributed by atoms with Gasteiger partial charge < -0.3 is 4.57 Å². The first-order valence-corrected chi connectivity index (χ1v) is 9.34. The summed E-state index contributed by atoms with van der Waals surface area (Å²) >= 11 is 3.54. The molecule has 0 amide bonds. The van der Waals surface area contributed by atoms with E-state index >= 15 is 0 Å². The molecule has 0 radical (unpaired) electrons. The number of thiophene rings is 1. The van der Waals surface area contributed by atoms with Crippen LogP contribution in [0.4, 0.5) is 0 Å². The summed E-state index contributed by atoms with van der Waals surface area (Å²) < 4.78 is 2.28. The number of thioether (sulfide) groups is 1. The third-order valence-electron chi connectivity index (χ3n) is 3.45. The molecule has 0 aliphatic carbocycles. The Bertz CT molecular complexity index is 690. The van der Waals surface area contributed by atoms with Crippen molar-refractivity contribution in [3.8, 4) is 0 Å². The smallest absolute Gasteiger partial charge is 0.191 e.